The van der Waals surface area contributed by atoms with Gasteiger partial charge in [0.05, 0.1) is 21.9 Å². The molecule has 0 bridgehead atoms. The van der Waals surface area contributed by atoms with E-state index in [-0.39, 0.29) is 5.91 Å². The van der Waals surface area contributed by atoms with Gasteiger partial charge in [-0.05, 0) is 60.7 Å². The van der Waals surface area contributed by atoms with E-state index in [1.54, 1.807) is 54.9 Å². The number of amides is 1. The zero-order valence-electron chi connectivity index (χ0n) is 17.2. The maximum Gasteiger partial charge on any atom is 0.301 e. The summed E-state index contributed by atoms with van der Waals surface area (Å²) in [6.45, 7) is 0.699. The lowest BCUT2D eigenvalue weighted by molar-refractivity contribution is 0.102. The molecule has 0 radical (unpaired) electrons. The van der Waals surface area contributed by atoms with Crippen molar-refractivity contribution in [3.05, 3.63) is 83.6 Å². The van der Waals surface area contributed by atoms with E-state index in [0.29, 0.717) is 46.3 Å². The molecule has 1 aliphatic rings. The minimum atomic E-state index is -3.51. The Hall–Kier alpha value is -3.53. The standard InChI is InChI=1S/C23H18ClN5O3S/c24-20-8-5-16(14-19(20)22-18-2-1-10-25-21(18)9-11-26-22)28-23(30)15-3-6-17(7-4-15)29-13-12-27-33(29,31)32/h1-11,14,27H,12-13H2,(H,28,30). The summed E-state index contributed by atoms with van der Waals surface area (Å²) in [4.78, 5) is 21.6. The van der Waals surface area contributed by atoms with Crippen molar-refractivity contribution in [2.24, 2.45) is 0 Å². The number of pyridine rings is 2. The summed E-state index contributed by atoms with van der Waals surface area (Å²) in [5.41, 5.74) is 3.59. The van der Waals surface area contributed by atoms with E-state index in [1.807, 2.05) is 18.2 Å². The number of nitrogens with zero attached hydrogens (tertiary/aromatic N) is 3. The third kappa shape index (κ3) is 4.13. The number of nitrogens with one attached hydrogen (secondary N) is 2. The number of carbonyl (C=O) groups is 1. The van der Waals surface area contributed by atoms with Crippen LogP contribution in [0.1, 0.15) is 10.4 Å². The molecule has 0 atom stereocenters. The molecule has 8 nitrogen and oxygen atoms in total. The maximum absolute atomic E-state index is 12.8. The Kier molecular flexibility index (Phi) is 5.45. The van der Waals surface area contributed by atoms with Crippen LogP contribution in [0.2, 0.25) is 5.02 Å². The van der Waals surface area contributed by atoms with Crippen molar-refractivity contribution in [3.8, 4) is 11.3 Å². The summed E-state index contributed by atoms with van der Waals surface area (Å²) in [5.74, 6) is -0.329. The van der Waals surface area contributed by atoms with Crippen molar-refractivity contribution in [2.75, 3.05) is 22.7 Å². The van der Waals surface area contributed by atoms with Gasteiger partial charge < -0.3 is 5.32 Å². The van der Waals surface area contributed by atoms with E-state index in [9.17, 15) is 13.2 Å². The molecule has 2 aromatic heterocycles. The smallest absolute Gasteiger partial charge is 0.301 e. The normalized spacial score (nSPS) is 15.0. The van der Waals surface area contributed by atoms with Crippen LogP contribution in [-0.2, 0) is 10.2 Å². The monoisotopic (exact) mass is 479 g/mol. The average molecular weight is 480 g/mol. The molecule has 1 aliphatic heterocycles. The van der Waals surface area contributed by atoms with Crippen LogP contribution >= 0.6 is 11.6 Å². The van der Waals surface area contributed by atoms with E-state index in [1.165, 1.54) is 4.31 Å². The molecule has 166 valence electrons. The molecule has 0 aliphatic carbocycles. The van der Waals surface area contributed by atoms with Gasteiger partial charge in [-0.3, -0.25) is 19.1 Å². The minimum absolute atomic E-state index is 0.329. The maximum atomic E-state index is 12.8. The predicted octanol–water partition coefficient (Wildman–Crippen LogP) is 3.86. The fourth-order valence-electron chi connectivity index (χ4n) is 3.73. The zero-order valence-corrected chi connectivity index (χ0v) is 18.8. The average Bonchev–Trinajstić information content (AvgIpc) is 3.19. The highest BCUT2D eigenvalue weighted by Crippen LogP contribution is 2.33. The number of carbonyl (C=O) groups excluding carboxylic acids is 1. The number of rotatable bonds is 4. The predicted molar refractivity (Wildman–Crippen MR) is 129 cm³/mol. The molecular weight excluding hydrogens is 462 g/mol. The molecule has 4 aromatic rings. The summed E-state index contributed by atoms with van der Waals surface area (Å²) < 4.78 is 27.7. The Labute approximate surface area is 195 Å². The largest absolute Gasteiger partial charge is 0.322 e. The number of fused-ring (bicyclic) bond motifs is 1. The molecule has 33 heavy (non-hydrogen) atoms. The van der Waals surface area contributed by atoms with E-state index < -0.39 is 10.2 Å². The van der Waals surface area contributed by atoms with Crippen LogP contribution in [0.3, 0.4) is 0 Å². The summed E-state index contributed by atoms with van der Waals surface area (Å²) >= 11 is 6.46. The lowest BCUT2D eigenvalue weighted by Crippen LogP contribution is -2.29. The first kappa shape index (κ1) is 21.3. The summed E-state index contributed by atoms with van der Waals surface area (Å²) in [7, 11) is -3.51. The third-order valence-corrected chi connectivity index (χ3v) is 7.19. The SMILES string of the molecule is O=C(Nc1ccc(Cl)c(-c2nccc3ncccc23)c1)c1ccc(N2CCNS2(=O)=O)cc1. The van der Waals surface area contributed by atoms with Crippen LogP contribution in [0, 0.1) is 0 Å². The highest BCUT2D eigenvalue weighted by atomic mass is 35.5. The molecule has 0 saturated carbocycles. The van der Waals surface area contributed by atoms with Gasteiger partial charge in [-0.15, -0.1) is 0 Å². The van der Waals surface area contributed by atoms with Gasteiger partial charge in [0.1, 0.15) is 0 Å². The van der Waals surface area contributed by atoms with Crippen LogP contribution in [0.15, 0.2) is 73.1 Å². The van der Waals surface area contributed by atoms with Crippen molar-refractivity contribution in [1.29, 1.82) is 0 Å². The fraction of sp³-hybridized carbons (Fsp3) is 0.0870. The van der Waals surface area contributed by atoms with Crippen LogP contribution in [0.5, 0.6) is 0 Å². The van der Waals surface area contributed by atoms with Crippen molar-refractivity contribution < 1.29 is 13.2 Å². The lowest BCUT2D eigenvalue weighted by atomic mass is 10.1. The quantitative estimate of drug-likeness (QED) is 0.462. The van der Waals surface area contributed by atoms with E-state index >= 15 is 0 Å². The highest BCUT2D eigenvalue weighted by molar-refractivity contribution is 7.91. The first-order valence-electron chi connectivity index (χ1n) is 10.1. The van der Waals surface area contributed by atoms with Crippen LogP contribution in [-0.4, -0.2) is 37.4 Å². The molecule has 1 fully saturated rings. The second-order valence-electron chi connectivity index (χ2n) is 7.40. The number of benzene rings is 2. The molecule has 1 saturated heterocycles. The fourth-order valence-corrected chi connectivity index (χ4v) is 5.17. The molecule has 2 aromatic carbocycles. The Morgan fingerprint density at radius 1 is 1.03 bits per heavy atom. The van der Waals surface area contributed by atoms with Gasteiger partial charge >= 0.3 is 10.2 Å². The number of halogens is 1. The molecule has 5 rings (SSSR count). The van der Waals surface area contributed by atoms with Crippen LogP contribution < -0.4 is 14.3 Å². The van der Waals surface area contributed by atoms with Gasteiger partial charge in [0, 0.05) is 47.7 Å². The highest BCUT2D eigenvalue weighted by Gasteiger charge is 2.27. The molecule has 0 spiro atoms. The summed E-state index contributed by atoms with van der Waals surface area (Å²) in [6.07, 6.45) is 3.38. The van der Waals surface area contributed by atoms with Gasteiger partial charge in [0.2, 0.25) is 0 Å². The molecular formula is C23H18ClN5O3S. The topological polar surface area (TPSA) is 104 Å². The second-order valence-corrected chi connectivity index (χ2v) is 9.48. The van der Waals surface area contributed by atoms with Crippen molar-refractivity contribution in [3.63, 3.8) is 0 Å². The van der Waals surface area contributed by atoms with Gasteiger partial charge in [-0.25, -0.2) is 0 Å². The summed E-state index contributed by atoms with van der Waals surface area (Å²) in [5, 5.41) is 4.22. The third-order valence-electron chi connectivity index (χ3n) is 5.32. The molecule has 2 N–H and O–H groups in total. The number of hydrogen-bond donors (Lipinski definition) is 2. The van der Waals surface area contributed by atoms with Gasteiger partial charge in [0.25, 0.3) is 5.91 Å². The van der Waals surface area contributed by atoms with Gasteiger partial charge in [-0.1, -0.05) is 11.6 Å². The Balaban J connectivity index is 1.40. The molecule has 1 amide bonds. The Morgan fingerprint density at radius 3 is 2.61 bits per heavy atom. The van der Waals surface area contributed by atoms with E-state index in [2.05, 4.69) is 20.0 Å². The van der Waals surface area contributed by atoms with E-state index in [4.69, 9.17) is 11.6 Å². The first-order valence-corrected chi connectivity index (χ1v) is 11.9. The molecule has 0 unspecified atom stereocenters. The zero-order chi connectivity index (χ0) is 23.0. The Bertz CT molecular complexity index is 1470. The second kappa shape index (κ2) is 8.43. The first-order chi connectivity index (χ1) is 15.9. The molecule has 10 heteroatoms. The van der Waals surface area contributed by atoms with Crippen LogP contribution in [0.4, 0.5) is 11.4 Å². The number of aromatic nitrogens is 2. The van der Waals surface area contributed by atoms with Crippen molar-refractivity contribution in [1.82, 2.24) is 14.7 Å². The molecule has 3 heterocycles. The number of anilines is 2. The van der Waals surface area contributed by atoms with Gasteiger partial charge in [-0.2, -0.15) is 13.1 Å². The van der Waals surface area contributed by atoms with Crippen molar-refractivity contribution in [2.45, 2.75) is 0 Å². The number of hydrogen-bond acceptors (Lipinski definition) is 5. The minimum Gasteiger partial charge on any atom is -0.322 e. The lowest BCUT2D eigenvalue weighted by Gasteiger charge is -2.16. The van der Waals surface area contributed by atoms with Gasteiger partial charge in [0.15, 0.2) is 0 Å². The van der Waals surface area contributed by atoms with Crippen LogP contribution in [0.25, 0.3) is 22.2 Å². The van der Waals surface area contributed by atoms with Crippen molar-refractivity contribution >= 4 is 50.0 Å². The Morgan fingerprint density at radius 2 is 1.85 bits per heavy atom. The summed E-state index contributed by atoms with van der Waals surface area (Å²) in [6, 6.07) is 17.2. The van der Waals surface area contributed by atoms with E-state index in [0.717, 1.165) is 10.9 Å².